The van der Waals surface area contributed by atoms with Crippen molar-refractivity contribution in [3.8, 4) is 11.5 Å². The van der Waals surface area contributed by atoms with Gasteiger partial charge in [0.1, 0.15) is 11.5 Å². The molecule has 92 valence electrons. The van der Waals surface area contributed by atoms with Gasteiger partial charge >= 0.3 is 0 Å². The molecular weight excluding hydrogens is 216 g/mol. The third kappa shape index (κ3) is 2.14. The molecule has 0 atom stereocenters. The monoisotopic (exact) mass is 234 g/mol. The molecule has 0 fully saturated rings. The van der Waals surface area contributed by atoms with Gasteiger partial charge in [-0.05, 0) is 17.5 Å². The van der Waals surface area contributed by atoms with Crippen molar-refractivity contribution in [3.63, 3.8) is 0 Å². The molecule has 1 aromatic rings. The summed E-state index contributed by atoms with van der Waals surface area (Å²) in [7, 11) is 1.61. The summed E-state index contributed by atoms with van der Waals surface area (Å²) in [6.07, 6.45) is 0.448. The second-order valence-electron chi connectivity index (χ2n) is 5.32. The van der Waals surface area contributed by atoms with E-state index in [9.17, 15) is 4.79 Å². The van der Waals surface area contributed by atoms with Gasteiger partial charge in [-0.25, -0.2) is 0 Å². The minimum atomic E-state index is -0.0732. The number of hydrogen-bond acceptors (Lipinski definition) is 3. The first-order valence-electron chi connectivity index (χ1n) is 5.82. The van der Waals surface area contributed by atoms with Crippen LogP contribution in [0.25, 0.3) is 0 Å². The highest BCUT2D eigenvalue weighted by Gasteiger charge is 2.28. The number of rotatable bonds is 1. The van der Waals surface area contributed by atoms with Gasteiger partial charge in [0.2, 0.25) is 0 Å². The lowest BCUT2D eigenvalue weighted by molar-refractivity contribution is 0.0931. The molecule has 1 heterocycles. The summed E-state index contributed by atoms with van der Waals surface area (Å²) >= 11 is 0. The number of ketones is 1. The molecule has 1 aliphatic heterocycles. The molecule has 0 amide bonds. The molecule has 0 saturated carbocycles. The van der Waals surface area contributed by atoms with Crippen LogP contribution in [0.5, 0.6) is 11.5 Å². The summed E-state index contributed by atoms with van der Waals surface area (Å²) in [5.41, 5.74) is 1.61. The Morgan fingerprint density at radius 2 is 2.00 bits per heavy atom. The van der Waals surface area contributed by atoms with Crippen LogP contribution in [0, 0.1) is 0 Å². The minimum absolute atomic E-state index is 0.0732. The van der Waals surface area contributed by atoms with Crippen molar-refractivity contribution in [2.45, 2.75) is 32.6 Å². The Balaban J connectivity index is 2.66. The number of hydrogen-bond donors (Lipinski definition) is 0. The Hall–Kier alpha value is -1.51. The molecule has 1 aromatic carbocycles. The zero-order valence-corrected chi connectivity index (χ0v) is 10.8. The zero-order valence-electron chi connectivity index (χ0n) is 10.8. The third-order valence-electron chi connectivity index (χ3n) is 2.98. The first kappa shape index (κ1) is 12.0. The van der Waals surface area contributed by atoms with Crippen molar-refractivity contribution in [1.82, 2.24) is 0 Å². The van der Waals surface area contributed by atoms with Crippen molar-refractivity contribution in [3.05, 3.63) is 23.3 Å². The molecule has 0 radical (unpaired) electrons. The van der Waals surface area contributed by atoms with Gasteiger partial charge in [0, 0.05) is 12.0 Å². The highest BCUT2D eigenvalue weighted by atomic mass is 16.5. The average molecular weight is 234 g/mol. The van der Waals surface area contributed by atoms with Gasteiger partial charge in [0.25, 0.3) is 0 Å². The molecule has 0 unspecified atom stereocenters. The van der Waals surface area contributed by atoms with Crippen LogP contribution in [0.15, 0.2) is 12.1 Å². The quantitative estimate of drug-likeness (QED) is 0.749. The summed E-state index contributed by atoms with van der Waals surface area (Å²) in [6, 6.07) is 3.73. The zero-order chi connectivity index (χ0) is 12.6. The number of carbonyl (C=O) groups excluding carboxylic acids is 1. The predicted molar refractivity (Wildman–Crippen MR) is 66.1 cm³/mol. The lowest BCUT2D eigenvalue weighted by atomic mass is 9.83. The largest absolute Gasteiger partial charge is 0.497 e. The highest BCUT2D eigenvalue weighted by Crippen LogP contribution is 2.39. The second kappa shape index (κ2) is 4.06. The van der Waals surface area contributed by atoms with Gasteiger partial charge in [-0.15, -0.1) is 0 Å². The molecule has 3 nitrogen and oxygen atoms in total. The van der Waals surface area contributed by atoms with Crippen LogP contribution >= 0.6 is 0 Å². The van der Waals surface area contributed by atoms with E-state index in [4.69, 9.17) is 9.47 Å². The van der Waals surface area contributed by atoms with Crippen LogP contribution in [0.4, 0.5) is 0 Å². The average Bonchev–Trinajstić information content (AvgIpc) is 2.27. The van der Waals surface area contributed by atoms with Crippen LogP contribution in [-0.2, 0) is 5.41 Å². The van der Waals surface area contributed by atoms with Crippen LogP contribution in [0.2, 0.25) is 0 Å². The Bertz CT molecular complexity index is 455. The SMILES string of the molecule is COc1cc2c(c(C(C)(C)C)c1)OCCC2=O. The number of methoxy groups -OCH3 is 1. The van der Waals surface area contributed by atoms with Gasteiger partial charge < -0.3 is 9.47 Å². The van der Waals surface area contributed by atoms with Gasteiger partial charge in [0.05, 0.1) is 19.3 Å². The van der Waals surface area contributed by atoms with Crippen molar-refractivity contribution >= 4 is 5.78 Å². The molecular formula is C14H18O3. The van der Waals surface area contributed by atoms with E-state index >= 15 is 0 Å². The first-order valence-corrected chi connectivity index (χ1v) is 5.82. The Morgan fingerprint density at radius 1 is 1.29 bits per heavy atom. The molecule has 0 saturated heterocycles. The van der Waals surface area contributed by atoms with Crippen LogP contribution < -0.4 is 9.47 Å². The maximum absolute atomic E-state index is 11.9. The number of carbonyl (C=O) groups is 1. The van der Waals surface area contributed by atoms with E-state index in [-0.39, 0.29) is 11.2 Å². The maximum Gasteiger partial charge on any atom is 0.170 e. The molecule has 1 aliphatic rings. The van der Waals surface area contributed by atoms with Gasteiger partial charge in [-0.2, -0.15) is 0 Å². The Kier molecular flexibility index (Phi) is 2.86. The summed E-state index contributed by atoms with van der Waals surface area (Å²) in [5, 5.41) is 0. The number of ether oxygens (including phenoxy) is 2. The molecule has 2 rings (SSSR count). The smallest absolute Gasteiger partial charge is 0.170 e. The van der Waals surface area contributed by atoms with Crippen molar-refractivity contribution in [2.24, 2.45) is 0 Å². The second-order valence-corrected chi connectivity index (χ2v) is 5.32. The molecule has 0 bridgehead atoms. The van der Waals surface area contributed by atoms with Crippen molar-refractivity contribution in [1.29, 1.82) is 0 Å². The summed E-state index contributed by atoms with van der Waals surface area (Å²) in [6.45, 7) is 6.78. The van der Waals surface area contributed by atoms with Crippen molar-refractivity contribution in [2.75, 3.05) is 13.7 Å². The number of benzene rings is 1. The fraction of sp³-hybridized carbons (Fsp3) is 0.500. The van der Waals surface area contributed by atoms with Crippen LogP contribution in [0.3, 0.4) is 0 Å². The fourth-order valence-electron chi connectivity index (χ4n) is 2.02. The lowest BCUT2D eigenvalue weighted by Crippen LogP contribution is -2.21. The summed E-state index contributed by atoms with van der Waals surface area (Å²) in [5.74, 6) is 1.58. The Labute approximate surface area is 102 Å². The summed E-state index contributed by atoms with van der Waals surface area (Å²) in [4.78, 5) is 11.9. The van der Waals surface area contributed by atoms with E-state index in [2.05, 4.69) is 20.8 Å². The maximum atomic E-state index is 11.9. The van der Waals surface area contributed by atoms with Gasteiger partial charge in [-0.3, -0.25) is 4.79 Å². The topological polar surface area (TPSA) is 35.5 Å². The van der Waals surface area contributed by atoms with E-state index in [1.54, 1.807) is 13.2 Å². The predicted octanol–water partition coefficient (Wildman–Crippen LogP) is 2.96. The minimum Gasteiger partial charge on any atom is -0.497 e. The Morgan fingerprint density at radius 3 is 2.59 bits per heavy atom. The van der Waals surface area contributed by atoms with E-state index in [1.807, 2.05) is 6.07 Å². The van der Waals surface area contributed by atoms with E-state index in [1.165, 1.54) is 0 Å². The lowest BCUT2D eigenvalue weighted by Gasteiger charge is -2.27. The van der Waals surface area contributed by atoms with Gasteiger partial charge in [-0.1, -0.05) is 20.8 Å². The molecule has 0 aliphatic carbocycles. The molecule has 0 aromatic heterocycles. The number of Topliss-reactive ketones (excluding diaryl/α,β-unsaturated/α-hetero) is 1. The molecule has 17 heavy (non-hydrogen) atoms. The number of fused-ring (bicyclic) bond motifs is 1. The van der Waals surface area contributed by atoms with E-state index in [0.717, 1.165) is 11.3 Å². The summed E-state index contributed by atoms with van der Waals surface area (Å²) < 4.78 is 10.9. The first-order chi connectivity index (χ1) is 7.93. The normalized spacial score (nSPS) is 15.2. The molecule has 0 spiro atoms. The van der Waals surface area contributed by atoms with E-state index < -0.39 is 0 Å². The van der Waals surface area contributed by atoms with E-state index in [0.29, 0.717) is 24.3 Å². The third-order valence-corrected chi connectivity index (χ3v) is 2.98. The fourth-order valence-corrected chi connectivity index (χ4v) is 2.02. The molecule has 3 heteroatoms. The van der Waals surface area contributed by atoms with Crippen molar-refractivity contribution < 1.29 is 14.3 Å². The van der Waals surface area contributed by atoms with Crippen LogP contribution in [0.1, 0.15) is 43.1 Å². The van der Waals surface area contributed by atoms with Gasteiger partial charge in [0.15, 0.2) is 5.78 Å². The highest BCUT2D eigenvalue weighted by molar-refractivity contribution is 6.00. The standard InChI is InChI=1S/C14H18O3/c1-14(2,3)11-8-9(16-4)7-10-12(15)5-6-17-13(10)11/h7-8H,5-6H2,1-4H3. The van der Waals surface area contributed by atoms with Crippen LogP contribution in [-0.4, -0.2) is 19.5 Å². The molecule has 0 N–H and O–H groups in total.